The third kappa shape index (κ3) is 2.11. The second-order valence-corrected chi connectivity index (χ2v) is 7.57. The Hall–Kier alpha value is -1.82. The van der Waals surface area contributed by atoms with Crippen LogP contribution in [-0.2, 0) is 4.79 Å². The zero-order valence-electron chi connectivity index (χ0n) is 12.9. The van der Waals surface area contributed by atoms with Crippen molar-refractivity contribution in [2.24, 2.45) is 0 Å². The Balaban J connectivity index is 1.69. The number of hydrogen-bond acceptors (Lipinski definition) is 4. The molecular formula is C17H18N2O3S. The van der Waals surface area contributed by atoms with Gasteiger partial charge in [-0.3, -0.25) is 19.3 Å². The summed E-state index contributed by atoms with van der Waals surface area (Å²) in [6, 6.07) is 6.32. The predicted molar refractivity (Wildman–Crippen MR) is 87.1 cm³/mol. The molecule has 1 aromatic rings. The van der Waals surface area contributed by atoms with Gasteiger partial charge in [0.15, 0.2) is 0 Å². The molecule has 4 rings (SSSR count). The van der Waals surface area contributed by atoms with E-state index in [9.17, 15) is 14.4 Å². The molecule has 3 atom stereocenters. The summed E-state index contributed by atoms with van der Waals surface area (Å²) >= 11 is 1.80. The van der Waals surface area contributed by atoms with Gasteiger partial charge in [0, 0.05) is 11.8 Å². The lowest BCUT2D eigenvalue weighted by molar-refractivity contribution is -0.136. The molecule has 1 aromatic carbocycles. The van der Waals surface area contributed by atoms with Crippen molar-refractivity contribution in [1.29, 1.82) is 0 Å². The van der Waals surface area contributed by atoms with Crippen LogP contribution < -0.4 is 0 Å². The van der Waals surface area contributed by atoms with E-state index in [4.69, 9.17) is 0 Å². The number of hydrogen-bond donors (Lipinski definition) is 0. The van der Waals surface area contributed by atoms with Gasteiger partial charge in [-0.25, -0.2) is 0 Å². The molecule has 23 heavy (non-hydrogen) atoms. The minimum Gasteiger partial charge on any atom is -0.325 e. The second-order valence-electron chi connectivity index (χ2n) is 6.36. The average Bonchev–Trinajstić information content (AvgIpc) is 2.97. The highest BCUT2D eigenvalue weighted by Crippen LogP contribution is 2.37. The van der Waals surface area contributed by atoms with E-state index in [-0.39, 0.29) is 29.1 Å². The SMILES string of the molecule is C[C@@H]1CS[C@@H]2CCC[C@H](N3C(=O)c4ccccc4C3=O)C(=O)N12. The molecule has 120 valence electrons. The summed E-state index contributed by atoms with van der Waals surface area (Å²) < 4.78 is 0. The monoisotopic (exact) mass is 330 g/mol. The second kappa shape index (κ2) is 5.37. The van der Waals surface area contributed by atoms with Gasteiger partial charge in [-0.15, -0.1) is 11.8 Å². The minimum atomic E-state index is -0.659. The quantitative estimate of drug-likeness (QED) is 0.740. The number of amides is 3. The maximum Gasteiger partial charge on any atom is 0.262 e. The van der Waals surface area contributed by atoms with Gasteiger partial charge in [0.2, 0.25) is 5.91 Å². The molecule has 3 aliphatic heterocycles. The molecule has 0 N–H and O–H groups in total. The molecule has 5 nitrogen and oxygen atoms in total. The van der Waals surface area contributed by atoms with Crippen LogP contribution >= 0.6 is 11.8 Å². The van der Waals surface area contributed by atoms with E-state index in [0.29, 0.717) is 17.5 Å². The first kappa shape index (κ1) is 14.8. The summed E-state index contributed by atoms with van der Waals surface area (Å²) in [6.45, 7) is 2.04. The Morgan fingerprint density at radius 3 is 2.35 bits per heavy atom. The van der Waals surface area contributed by atoms with Gasteiger partial charge >= 0.3 is 0 Å². The fraction of sp³-hybridized carbons (Fsp3) is 0.471. The van der Waals surface area contributed by atoms with Crippen LogP contribution in [0.25, 0.3) is 0 Å². The molecule has 0 unspecified atom stereocenters. The number of imide groups is 1. The normalized spacial score (nSPS) is 30.5. The van der Waals surface area contributed by atoms with Gasteiger partial charge in [-0.1, -0.05) is 12.1 Å². The Bertz CT molecular complexity index is 670. The van der Waals surface area contributed by atoms with Crippen LogP contribution in [0.4, 0.5) is 0 Å². The molecule has 2 fully saturated rings. The summed E-state index contributed by atoms with van der Waals surface area (Å²) in [4.78, 5) is 41.5. The fourth-order valence-corrected chi connectivity index (χ4v) is 5.26. The summed E-state index contributed by atoms with van der Waals surface area (Å²) in [5, 5.41) is 0.192. The lowest BCUT2D eigenvalue weighted by atomic mass is 10.1. The van der Waals surface area contributed by atoms with E-state index in [1.54, 1.807) is 36.0 Å². The highest BCUT2D eigenvalue weighted by atomic mass is 32.2. The van der Waals surface area contributed by atoms with Crippen molar-refractivity contribution in [2.45, 2.75) is 43.6 Å². The Labute approximate surface area is 139 Å². The lowest BCUT2D eigenvalue weighted by Gasteiger charge is -2.31. The first-order valence-electron chi connectivity index (χ1n) is 8.00. The van der Waals surface area contributed by atoms with Crippen molar-refractivity contribution in [3.05, 3.63) is 35.4 Å². The smallest absolute Gasteiger partial charge is 0.262 e. The maximum absolute atomic E-state index is 13.0. The van der Waals surface area contributed by atoms with Gasteiger partial charge in [0.05, 0.1) is 16.5 Å². The third-order valence-electron chi connectivity index (χ3n) is 4.92. The topological polar surface area (TPSA) is 57.7 Å². The van der Waals surface area contributed by atoms with Crippen LogP contribution in [0.5, 0.6) is 0 Å². The van der Waals surface area contributed by atoms with Crippen molar-refractivity contribution >= 4 is 29.5 Å². The van der Waals surface area contributed by atoms with Crippen LogP contribution in [0.3, 0.4) is 0 Å². The van der Waals surface area contributed by atoms with E-state index in [1.165, 1.54) is 4.90 Å². The van der Waals surface area contributed by atoms with Crippen LogP contribution in [0.1, 0.15) is 46.9 Å². The van der Waals surface area contributed by atoms with Crippen molar-refractivity contribution < 1.29 is 14.4 Å². The Morgan fingerprint density at radius 1 is 1.04 bits per heavy atom. The van der Waals surface area contributed by atoms with Gasteiger partial charge in [0.25, 0.3) is 11.8 Å². The van der Waals surface area contributed by atoms with E-state index >= 15 is 0 Å². The standard InChI is InChI=1S/C17H18N2O3S/c1-10-9-23-14-8-4-7-13(17(22)18(10)14)19-15(20)11-5-2-3-6-12(11)16(19)21/h2-3,5-6,10,13-14H,4,7-9H2,1H3/t10-,13+,14-/m1/s1. The average molecular weight is 330 g/mol. The third-order valence-corrected chi connectivity index (χ3v) is 6.44. The zero-order valence-corrected chi connectivity index (χ0v) is 13.7. The molecule has 0 aromatic heterocycles. The maximum atomic E-state index is 13.0. The van der Waals surface area contributed by atoms with Crippen LogP contribution in [0.15, 0.2) is 24.3 Å². The number of benzene rings is 1. The number of rotatable bonds is 1. The number of carbonyl (C=O) groups excluding carboxylic acids is 3. The van der Waals surface area contributed by atoms with Gasteiger partial charge in [-0.2, -0.15) is 0 Å². The molecule has 3 amide bonds. The molecule has 0 bridgehead atoms. The Kier molecular flexibility index (Phi) is 3.44. The highest BCUT2D eigenvalue weighted by molar-refractivity contribution is 8.00. The minimum absolute atomic E-state index is 0.0699. The Morgan fingerprint density at radius 2 is 1.70 bits per heavy atom. The summed E-state index contributed by atoms with van der Waals surface area (Å²) in [6.07, 6.45) is 2.34. The van der Waals surface area contributed by atoms with Gasteiger partial charge in [-0.05, 0) is 38.3 Å². The largest absolute Gasteiger partial charge is 0.325 e. The number of fused-ring (bicyclic) bond motifs is 2. The molecule has 3 heterocycles. The first-order valence-corrected chi connectivity index (χ1v) is 9.05. The molecule has 6 heteroatoms. The van der Waals surface area contributed by atoms with Crippen molar-refractivity contribution in [3.8, 4) is 0 Å². The molecule has 2 saturated heterocycles. The zero-order chi connectivity index (χ0) is 16.1. The van der Waals surface area contributed by atoms with Crippen LogP contribution in [-0.4, -0.2) is 50.7 Å². The van der Waals surface area contributed by atoms with E-state index < -0.39 is 6.04 Å². The van der Waals surface area contributed by atoms with E-state index in [2.05, 4.69) is 0 Å². The number of nitrogens with zero attached hydrogens (tertiary/aromatic N) is 2. The van der Waals surface area contributed by atoms with Crippen molar-refractivity contribution in [3.63, 3.8) is 0 Å². The molecular weight excluding hydrogens is 312 g/mol. The first-order chi connectivity index (χ1) is 11.1. The van der Waals surface area contributed by atoms with Gasteiger partial charge in [0.1, 0.15) is 6.04 Å². The predicted octanol–water partition coefficient (Wildman–Crippen LogP) is 2.13. The van der Waals surface area contributed by atoms with Crippen LogP contribution in [0.2, 0.25) is 0 Å². The van der Waals surface area contributed by atoms with E-state index in [0.717, 1.165) is 18.6 Å². The summed E-state index contributed by atoms with van der Waals surface area (Å²) in [5.74, 6) is 0.189. The lowest BCUT2D eigenvalue weighted by Crippen LogP contribution is -2.52. The highest BCUT2D eigenvalue weighted by Gasteiger charge is 2.47. The number of carbonyl (C=O) groups is 3. The summed E-state index contributed by atoms with van der Waals surface area (Å²) in [5.41, 5.74) is 0.824. The molecule has 0 spiro atoms. The van der Waals surface area contributed by atoms with Crippen molar-refractivity contribution in [2.75, 3.05) is 5.75 Å². The fourth-order valence-electron chi connectivity index (χ4n) is 3.79. The molecule has 0 saturated carbocycles. The van der Waals surface area contributed by atoms with E-state index in [1.807, 2.05) is 11.8 Å². The van der Waals surface area contributed by atoms with Crippen LogP contribution in [0, 0.1) is 0 Å². The molecule has 0 radical (unpaired) electrons. The summed E-state index contributed by atoms with van der Waals surface area (Å²) in [7, 11) is 0. The molecule has 0 aliphatic carbocycles. The van der Waals surface area contributed by atoms with Crippen molar-refractivity contribution in [1.82, 2.24) is 9.80 Å². The van der Waals surface area contributed by atoms with Gasteiger partial charge < -0.3 is 4.90 Å². The number of thioether (sulfide) groups is 1. The molecule has 3 aliphatic rings.